The highest BCUT2D eigenvalue weighted by Gasteiger charge is 2.09. The van der Waals surface area contributed by atoms with E-state index < -0.39 is 0 Å². The molecular formula is C18H23N5. The highest BCUT2D eigenvalue weighted by atomic mass is 15.3. The van der Waals surface area contributed by atoms with Crippen LogP contribution in [0.4, 0.5) is 11.6 Å². The molecule has 2 aromatic rings. The molecule has 1 N–H and O–H groups in total. The molecule has 5 heteroatoms. The van der Waals surface area contributed by atoms with E-state index in [-0.39, 0.29) is 0 Å². The van der Waals surface area contributed by atoms with Crippen molar-refractivity contribution in [3.8, 4) is 0 Å². The summed E-state index contributed by atoms with van der Waals surface area (Å²) in [5.74, 6) is 0.507. The molecule has 0 unspecified atom stereocenters. The van der Waals surface area contributed by atoms with Gasteiger partial charge in [-0.15, -0.1) is 0 Å². The number of nitrogens with zero attached hydrogens (tertiary/aromatic N) is 4. The molecule has 23 heavy (non-hydrogen) atoms. The van der Waals surface area contributed by atoms with E-state index in [1.54, 1.807) is 18.5 Å². The third-order valence-electron chi connectivity index (χ3n) is 4.15. The Balaban J connectivity index is 1.66. The van der Waals surface area contributed by atoms with E-state index in [9.17, 15) is 0 Å². The number of nitrogens with one attached hydrogen (secondary N) is 1. The van der Waals surface area contributed by atoms with Crippen LogP contribution in [0.25, 0.3) is 0 Å². The van der Waals surface area contributed by atoms with Crippen molar-refractivity contribution in [1.82, 2.24) is 9.97 Å². The van der Waals surface area contributed by atoms with Crippen molar-refractivity contribution < 1.29 is 0 Å². The second-order valence-corrected chi connectivity index (χ2v) is 5.83. The topological polar surface area (TPSA) is 53.4 Å². The molecule has 0 saturated carbocycles. The number of hydrazone groups is 1. The molecule has 0 atom stereocenters. The van der Waals surface area contributed by atoms with Crippen LogP contribution >= 0.6 is 0 Å². The van der Waals surface area contributed by atoms with Crippen molar-refractivity contribution in [2.24, 2.45) is 5.10 Å². The Kier molecular flexibility index (Phi) is 5.19. The number of hydrogen-bond acceptors (Lipinski definition) is 5. The molecule has 0 bridgehead atoms. The van der Waals surface area contributed by atoms with E-state index >= 15 is 0 Å². The third kappa shape index (κ3) is 4.28. The van der Waals surface area contributed by atoms with Crippen molar-refractivity contribution in [3.63, 3.8) is 0 Å². The fourth-order valence-electron chi connectivity index (χ4n) is 2.80. The average Bonchev–Trinajstić information content (AvgIpc) is 2.90. The minimum absolute atomic E-state index is 0.507. The summed E-state index contributed by atoms with van der Waals surface area (Å²) in [6.07, 6.45) is 8.68. The van der Waals surface area contributed by atoms with Gasteiger partial charge in [0.1, 0.15) is 0 Å². The molecule has 0 spiro atoms. The second kappa shape index (κ2) is 7.72. The monoisotopic (exact) mass is 309 g/mol. The van der Waals surface area contributed by atoms with E-state index in [2.05, 4.69) is 49.7 Å². The Hall–Kier alpha value is -2.43. The molecule has 0 radical (unpaired) electrons. The fraction of sp³-hybridized carbons (Fsp3) is 0.389. The second-order valence-electron chi connectivity index (χ2n) is 5.83. The Morgan fingerprint density at radius 1 is 1.00 bits per heavy atom. The van der Waals surface area contributed by atoms with Crippen molar-refractivity contribution in [3.05, 3.63) is 48.3 Å². The summed E-state index contributed by atoms with van der Waals surface area (Å²) in [5, 5.41) is 4.35. The number of rotatable bonds is 4. The predicted octanol–water partition coefficient (Wildman–Crippen LogP) is 3.69. The normalized spacial score (nSPS) is 16.0. The van der Waals surface area contributed by atoms with Gasteiger partial charge >= 0.3 is 0 Å². The molecular weight excluding hydrogens is 286 g/mol. The molecule has 3 rings (SSSR count). The van der Waals surface area contributed by atoms with Crippen LogP contribution in [0.3, 0.4) is 0 Å². The van der Waals surface area contributed by atoms with Gasteiger partial charge in [0.15, 0.2) is 0 Å². The van der Waals surface area contributed by atoms with E-state index in [4.69, 9.17) is 0 Å². The quantitative estimate of drug-likeness (QED) is 0.691. The number of hydrogen-bond donors (Lipinski definition) is 1. The first-order valence-corrected chi connectivity index (χ1v) is 8.25. The van der Waals surface area contributed by atoms with E-state index in [1.165, 1.54) is 44.5 Å². The zero-order valence-corrected chi connectivity index (χ0v) is 13.6. The van der Waals surface area contributed by atoms with Gasteiger partial charge in [-0.2, -0.15) is 5.10 Å². The third-order valence-corrected chi connectivity index (χ3v) is 4.15. The van der Waals surface area contributed by atoms with Crippen molar-refractivity contribution in [1.29, 1.82) is 0 Å². The van der Waals surface area contributed by atoms with E-state index in [0.29, 0.717) is 5.95 Å². The summed E-state index contributed by atoms with van der Waals surface area (Å²) in [6.45, 7) is 4.32. The van der Waals surface area contributed by atoms with Crippen molar-refractivity contribution in [2.45, 2.75) is 32.6 Å². The van der Waals surface area contributed by atoms with Crippen LogP contribution in [0.15, 0.2) is 47.8 Å². The standard InChI is InChI=1S/C18H23N5/c1-15(21-22-18-19-11-6-12-20-18)16-7-9-17(10-8-16)23-13-4-2-3-5-14-23/h6-12H,2-5,13-14H2,1H3,(H,19,20,22). The van der Waals surface area contributed by atoms with Gasteiger partial charge in [-0.1, -0.05) is 25.0 Å². The lowest BCUT2D eigenvalue weighted by Gasteiger charge is -2.22. The fourth-order valence-corrected chi connectivity index (χ4v) is 2.80. The van der Waals surface area contributed by atoms with Crippen LogP contribution in [0.1, 0.15) is 38.2 Å². The lowest BCUT2D eigenvalue weighted by Crippen LogP contribution is -2.23. The van der Waals surface area contributed by atoms with Crippen LogP contribution in [-0.2, 0) is 0 Å². The summed E-state index contributed by atoms with van der Waals surface area (Å²) in [5.41, 5.74) is 6.21. The highest BCUT2D eigenvalue weighted by molar-refractivity contribution is 5.99. The van der Waals surface area contributed by atoms with Crippen LogP contribution in [0, 0.1) is 0 Å². The SMILES string of the molecule is CC(=NNc1ncccn1)c1ccc(N2CCCCCC2)cc1. The summed E-state index contributed by atoms with van der Waals surface area (Å²) < 4.78 is 0. The maximum Gasteiger partial charge on any atom is 0.243 e. The molecule has 2 heterocycles. The molecule has 1 saturated heterocycles. The Morgan fingerprint density at radius 2 is 1.65 bits per heavy atom. The van der Waals surface area contributed by atoms with Crippen LogP contribution < -0.4 is 10.3 Å². The Bertz CT molecular complexity index is 628. The first-order chi connectivity index (χ1) is 11.3. The molecule has 1 aromatic heterocycles. The average molecular weight is 309 g/mol. The lowest BCUT2D eigenvalue weighted by molar-refractivity contribution is 0.726. The summed E-state index contributed by atoms with van der Waals surface area (Å²) >= 11 is 0. The Morgan fingerprint density at radius 3 is 2.30 bits per heavy atom. The molecule has 120 valence electrons. The van der Waals surface area contributed by atoms with E-state index in [1.807, 2.05) is 6.92 Å². The zero-order valence-electron chi connectivity index (χ0n) is 13.6. The minimum atomic E-state index is 0.507. The smallest absolute Gasteiger partial charge is 0.243 e. The molecule has 1 aliphatic rings. The first-order valence-electron chi connectivity index (χ1n) is 8.25. The number of anilines is 2. The minimum Gasteiger partial charge on any atom is -0.372 e. The highest BCUT2D eigenvalue weighted by Crippen LogP contribution is 2.20. The first kappa shape index (κ1) is 15.5. The zero-order chi connectivity index (χ0) is 15.9. The Labute approximate surface area is 137 Å². The number of benzene rings is 1. The lowest BCUT2D eigenvalue weighted by atomic mass is 10.1. The summed E-state index contributed by atoms with van der Waals surface area (Å²) in [6, 6.07) is 10.4. The molecule has 1 aromatic carbocycles. The molecule has 1 aliphatic heterocycles. The summed E-state index contributed by atoms with van der Waals surface area (Å²) in [7, 11) is 0. The van der Waals surface area contributed by atoms with Gasteiger partial charge in [-0.25, -0.2) is 15.4 Å². The van der Waals surface area contributed by atoms with E-state index in [0.717, 1.165) is 11.3 Å². The van der Waals surface area contributed by atoms with Crippen LogP contribution in [0.5, 0.6) is 0 Å². The van der Waals surface area contributed by atoms with Crippen LogP contribution in [0.2, 0.25) is 0 Å². The van der Waals surface area contributed by atoms with Gasteiger partial charge in [-0.05, 0) is 43.5 Å². The van der Waals surface area contributed by atoms with Crippen molar-refractivity contribution >= 4 is 17.3 Å². The van der Waals surface area contributed by atoms with Gasteiger partial charge in [0, 0.05) is 31.2 Å². The van der Waals surface area contributed by atoms with Gasteiger partial charge in [0.25, 0.3) is 0 Å². The van der Waals surface area contributed by atoms with Gasteiger partial charge in [0.2, 0.25) is 5.95 Å². The maximum absolute atomic E-state index is 4.35. The maximum atomic E-state index is 4.35. The van der Waals surface area contributed by atoms with Gasteiger partial charge < -0.3 is 4.90 Å². The number of aromatic nitrogens is 2. The molecule has 1 fully saturated rings. The molecule has 0 aliphatic carbocycles. The largest absolute Gasteiger partial charge is 0.372 e. The molecule has 0 amide bonds. The van der Waals surface area contributed by atoms with Gasteiger partial charge in [-0.3, -0.25) is 0 Å². The summed E-state index contributed by atoms with van der Waals surface area (Å²) in [4.78, 5) is 10.7. The van der Waals surface area contributed by atoms with Gasteiger partial charge in [0.05, 0.1) is 5.71 Å². The predicted molar refractivity (Wildman–Crippen MR) is 95.0 cm³/mol. The molecule has 5 nitrogen and oxygen atoms in total. The van der Waals surface area contributed by atoms with Crippen LogP contribution in [-0.4, -0.2) is 28.8 Å². The van der Waals surface area contributed by atoms with Crippen molar-refractivity contribution in [2.75, 3.05) is 23.4 Å².